The molecule has 0 aliphatic heterocycles. The maximum atomic E-state index is 7.00. The molecule has 0 amide bonds. The van der Waals surface area contributed by atoms with Crippen molar-refractivity contribution in [3.63, 3.8) is 0 Å². The van der Waals surface area contributed by atoms with Gasteiger partial charge in [0, 0.05) is 7.11 Å². The summed E-state index contributed by atoms with van der Waals surface area (Å²) in [4.78, 5) is 0. The van der Waals surface area contributed by atoms with Gasteiger partial charge in [0.05, 0.1) is 0 Å². The second-order valence-corrected chi connectivity index (χ2v) is 5.73. The summed E-state index contributed by atoms with van der Waals surface area (Å²) < 4.78 is 0. The summed E-state index contributed by atoms with van der Waals surface area (Å²) in [6, 6.07) is 0. The Balaban J connectivity index is 0.000000308. The van der Waals surface area contributed by atoms with Gasteiger partial charge in [-0.1, -0.05) is 6.92 Å². The normalized spacial score (nSPS) is 51.5. The molecule has 4 bridgehead atoms. The Morgan fingerprint density at radius 2 is 1.15 bits per heavy atom. The van der Waals surface area contributed by atoms with Gasteiger partial charge in [-0.05, 0) is 61.7 Å². The van der Waals surface area contributed by atoms with Crippen molar-refractivity contribution in [3.8, 4) is 0 Å². The van der Waals surface area contributed by atoms with Crippen molar-refractivity contribution < 1.29 is 5.11 Å². The van der Waals surface area contributed by atoms with E-state index < -0.39 is 0 Å². The maximum absolute atomic E-state index is 7.00. The van der Waals surface area contributed by atoms with E-state index in [9.17, 15) is 0 Å². The third-order valence-corrected chi connectivity index (χ3v) is 4.34. The van der Waals surface area contributed by atoms with E-state index in [1.165, 1.54) is 0 Å². The molecule has 1 N–H and O–H groups in total. The minimum Gasteiger partial charge on any atom is -0.400 e. The van der Waals surface area contributed by atoms with Crippen molar-refractivity contribution in [2.45, 2.75) is 45.4 Å². The Morgan fingerprint density at radius 3 is 1.38 bits per heavy atom. The highest BCUT2D eigenvalue weighted by Crippen LogP contribution is 2.59. The Hall–Kier alpha value is -0.0400. The quantitative estimate of drug-likeness (QED) is 0.611. The van der Waals surface area contributed by atoms with Crippen LogP contribution in [0.15, 0.2) is 0 Å². The minimum absolute atomic E-state index is 0.800. The molecule has 0 aromatic heterocycles. The first-order chi connectivity index (χ1) is 6.23. The van der Waals surface area contributed by atoms with Gasteiger partial charge in [0.2, 0.25) is 0 Å². The van der Waals surface area contributed by atoms with Crippen molar-refractivity contribution >= 4 is 0 Å². The lowest BCUT2D eigenvalue weighted by molar-refractivity contribution is -0.0411. The molecule has 0 heterocycles. The fourth-order valence-corrected chi connectivity index (χ4v) is 4.54. The van der Waals surface area contributed by atoms with Crippen molar-refractivity contribution in [3.05, 3.63) is 0 Å². The Kier molecular flexibility index (Phi) is 2.39. The molecular formula is C12H22O. The fraction of sp³-hybridized carbons (Fsp3) is 1.00. The van der Waals surface area contributed by atoms with Gasteiger partial charge in [-0.25, -0.2) is 0 Å². The molecule has 4 aliphatic rings. The first-order valence-electron chi connectivity index (χ1n) is 5.68. The van der Waals surface area contributed by atoms with E-state index in [2.05, 4.69) is 6.92 Å². The molecule has 1 heteroatoms. The summed E-state index contributed by atoms with van der Waals surface area (Å²) in [5, 5.41) is 7.00. The molecule has 13 heavy (non-hydrogen) atoms. The first-order valence-corrected chi connectivity index (χ1v) is 5.68. The van der Waals surface area contributed by atoms with E-state index in [4.69, 9.17) is 5.11 Å². The topological polar surface area (TPSA) is 20.2 Å². The van der Waals surface area contributed by atoms with E-state index in [-0.39, 0.29) is 0 Å². The molecule has 0 spiro atoms. The number of hydrogen-bond acceptors (Lipinski definition) is 1. The monoisotopic (exact) mass is 182 g/mol. The van der Waals surface area contributed by atoms with E-state index in [1.54, 1.807) is 38.5 Å². The molecular weight excluding hydrogens is 160 g/mol. The Morgan fingerprint density at radius 1 is 0.846 bits per heavy atom. The van der Waals surface area contributed by atoms with Crippen LogP contribution in [0, 0.1) is 23.2 Å². The standard InChI is InChI=1S/C11H18.CH4O/c1-11-5-8-2-9(6-11)4-10(3-8)7-11;1-2/h8-10H,2-7H2,1H3;2H,1H3. The average molecular weight is 182 g/mol. The third-order valence-electron chi connectivity index (χ3n) is 4.34. The SMILES string of the molecule is CC12CC3CC(CC(C3)C1)C2.CO. The van der Waals surface area contributed by atoms with Crippen molar-refractivity contribution in [2.24, 2.45) is 23.2 Å². The second kappa shape index (κ2) is 3.27. The van der Waals surface area contributed by atoms with Gasteiger partial charge >= 0.3 is 0 Å². The molecule has 0 aromatic carbocycles. The van der Waals surface area contributed by atoms with Gasteiger partial charge in [0.15, 0.2) is 0 Å². The molecule has 0 saturated heterocycles. The van der Waals surface area contributed by atoms with Gasteiger partial charge in [-0.3, -0.25) is 0 Å². The first kappa shape index (κ1) is 9.51. The molecule has 4 fully saturated rings. The summed E-state index contributed by atoms with van der Waals surface area (Å²) in [5.74, 6) is 3.43. The number of aliphatic hydroxyl groups is 1. The molecule has 4 rings (SSSR count). The van der Waals surface area contributed by atoms with Crippen LogP contribution in [0.1, 0.15) is 45.4 Å². The molecule has 0 unspecified atom stereocenters. The zero-order chi connectivity index (χ0) is 9.47. The van der Waals surface area contributed by atoms with E-state index in [0.717, 1.165) is 30.3 Å². The Bertz CT molecular complexity index is 150. The summed E-state index contributed by atoms with van der Waals surface area (Å²) in [5.41, 5.74) is 0.800. The minimum atomic E-state index is 0.800. The fourth-order valence-electron chi connectivity index (χ4n) is 4.54. The highest BCUT2D eigenvalue weighted by molar-refractivity contribution is 4.99. The van der Waals surface area contributed by atoms with Gasteiger partial charge in [-0.15, -0.1) is 0 Å². The van der Waals surface area contributed by atoms with Crippen LogP contribution in [0.2, 0.25) is 0 Å². The maximum Gasteiger partial charge on any atom is 0.0319 e. The third kappa shape index (κ3) is 1.63. The van der Waals surface area contributed by atoms with Crippen molar-refractivity contribution in [2.75, 3.05) is 7.11 Å². The summed E-state index contributed by atoms with van der Waals surface area (Å²) in [6.45, 7) is 2.54. The van der Waals surface area contributed by atoms with E-state index >= 15 is 0 Å². The lowest BCUT2D eigenvalue weighted by Gasteiger charge is -2.55. The summed E-state index contributed by atoms with van der Waals surface area (Å²) in [7, 11) is 1.00. The summed E-state index contributed by atoms with van der Waals surface area (Å²) >= 11 is 0. The van der Waals surface area contributed by atoms with E-state index in [0.29, 0.717) is 0 Å². The van der Waals surface area contributed by atoms with Crippen LogP contribution in [-0.4, -0.2) is 12.2 Å². The molecule has 1 nitrogen and oxygen atoms in total. The highest BCUT2D eigenvalue weighted by Gasteiger charge is 2.48. The van der Waals surface area contributed by atoms with Gasteiger partial charge in [-0.2, -0.15) is 0 Å². The molecule has 4 aliphatic carbocycles. The predicted octanol–water partition coefficient (Wildman–Crippen LogP) is 2.83. The molecule has 0 atom stereocenters. The molecule has 4 saturated carbocycles. The molecule has 76 valence electrons. The summed E-state index contributed by atoms with van der Waals surface area (Å²) in [6.07, 6.45) is 9.48. The lowest BCUT2D eigenvalue weighted by atomic mass is 9.50. The number of rotatable bonds is 0. The van der Waals surface area contributed by atoms with Gasteiger partial charge in [0.1, 0.15) is 0 Å². The average Bonchev–Trinajstić information content (AvgIpc) is 2.02. The van der Waals surface area contributed by atoms with Crippen LogP contribution in [0.5, 0.6) is 0 Å². The second-order valence-electron chi connectivity index (χ2n) is 5.73. The van der Waals surface area contributed by atoms with Gasteiger partial charge in [0.25, 0.3) is 0 Å². The molecule has 0 aromatic rings. The highest BCUT2D eigenvalue weighted by atomic mass is 16.2. The zero-order valence-electron chi connectivity index (χ0n) is 8.92. The number of hydrogen-bond donors (Lipinski definition) is 1. The van der Waals surface area contributed by atoms with Crippen LogP contribution in [0.25, 0.3) is 0 Å². The lowest BCUT2D eigenvalue weighted by Crippen LogP contribution is -2.44. The number of aliphatic hydroxyl groups excluding tert-OH is 1. The van der Waals surface area contributed by atoms with Crippen molar-refractivity contribution in [1.29, 1.82) is 0 Å². The van der Waals surface area contributed by atoms with Crippen LogP contribution < -0.4 is 0 Å². The predicted molar refractivity (Wildman–Crippen MR) is 54.4 cm³/mol. The van der Waals surface area contributed by atoms with Gasteiger partial charge < -0.3 is 5.11 Å². The Labute approximate surface area is 81.5 Å². The zero-order valence-corrected chi connectivity index (χ0v) is 8.92. The van der Waals surface area contributed by atoms with Crippen LogP contribution in [-0.2, 0) is 0 Å². The van der Waals surface area contributed by atoms with Crippen LogP contribution in [0.3, 0.4) is 0 Å². The van der Waals surface area contributed by atoms with Crippen molar-refractivity contribution in [1.82, 2.24) is 0 Å². The molecule has 0 radical (unpaired) electrons. The largest absolute Gasteiger partial charge is 0.400 e. The van der Waals surface area contributed by atoms with Crippen LogP contribution in [0.4, 0.5) is 0 Å². The van der Waals surface area contributed by atoms with E-state index in [1.807, 2.05) is 0 Å². The smallest absolute Gasteiger partial charge is 0.0319 e. The van der Waals surface area contributed by atoms with Crippen LogP contribution >= 0.6 is 0 Å².